The summed E-state index contributed by atoms with van der Waals surface area (Å²) in [7, 11) is 0. The molecule has 21 heavy (non-hydrogen) atoms. The standard InChI is InChI=1S/C15H10N2O3S/c18-12-8-13(19)17(15(21)16-12)14(20)11-7-3-5-9-4-1-2-6-10(9)11/h1-7H,8H2,(H,16,18,21). The molecule has 0 aliphatic carbocycles. The van der Waals surface area contributed by atoms with E-state index in [2.05, 4.69) is 5.32 Å². The minimum Gasteiger partial charge on any atom is -0.302 e. The maximum Gasteiger partial charge on any atom is 0.267 e. The molecule has 6 heteroatoms. The summed E-state index contributed by atoms with van der Waals surface area (Å²) in [6.45, 7) is 0. The highest BCUT2D eigenvalue weighted by Gasteiger charge is 2.34. The highest BCUT2D eigenvalue weighted by Crippen LogP contribution is 2.21. The van der Waals surface area contributed by atoms with Crippen molar-refractivity contribution in [2.24, 2.45) is 0 Å². The van der Waals surface area contributed by atoms with Gasteiger partial charge in [-0.1, -0.05) is 36.4 Å². The van der Waals surface area contributed by atoms with Crippen molar-refractivity contribution in [1.29, 1.82) is 0 Å². The second kappa shape index (κ2) is 5.06. The van der Waals surface area contributed by atoms with Crippen LogP contribution in [0.3, 0.4) is 0 Å². The molecule has 0 aromatic heterocycles. The molecule has 104 valence electrons. The van der Waals surface area contributed by atoms with Gasteiger partial charge in [0.1, 0.15) is 6.42 Å². The number of hydrogen-bond donors (Lipinski definition) is 1. The molecule has 2 aromatic carbocycles. The summed E-state index contributed by atoms with van der Waals surface area (Å²) in [5, 5.41) is 3.79. The van der Waals surface area contributed by atoms with E-state index in [9.17, 15) is 14.4 Å². The van der Waals surface area contributed by atoms with Crippen LogP contribution in [0.25, 0.3) is 10.8 Å². The van der Waals surface area contributed by atoms with Crippen molar-refractivity contribution in [3.63, 3.8) is 0 Å². The van der Waals surface area contributed by atoms with E-state index in [4.69, 9.17) is 12.2 Å². The van der Waals surface area contributed by atoms with Crippen LogP contribution in [0.2, 0.25) is 0 Å². The number of nitrogens with one attached hydrogen (secondary N) is 1. The average Bonchev–Trinajstić information content (AvgIpc) is 2.45. The number of carbonyl (C=O) groups excluding carboxylic acids is 3. The van der Waals surface area contributed by atoms with Gasteiger partial charge in [-0.3, -0.25) is 14.4 Å². The van der Waals surface area contributed by atoms with E-state index in [1.807, 2.05) is 24.3 Å². The van der Waals surface area contributed by atoms with Gasteiger partial charge < -0.3 is 5.32 Å². The SMILES string of the molecule is O=C1CC(=O)N(C(=O)c2cccc3ccccc23)C(=S)N1. The molecule has 3 amide bonds. The lowest BCUT2D eigenvalue weighted by atomic mass is 10.0. The summed E-state index contributed by atoms with van der Waals surface area (Å²) >= 11 is 4.93. The van der Waals surface area contributed by atoms with Crippen LogP contribution in [-0.2, 0) is 9.59 Å². The number of fused-ring (bicyclic) bond motifs is 1. The summed E-state index contributed by atoms with van der Waals surface area (Å²) in [6.07, 6.45) is -0.378. The Morgan fingerprint density at radius 3 is 2.57 bits per heavy atom. The van der Waals surface area contributed by atoms with Crippen molar-refractivity contribution in [2.75, 3.05) is 0 Å². The normalized spacial score (nSPS) is 15.2. The molecule has 1 aliphatic rings. The molecule has 0 radical (unpaired) electrons. The van der Waals surface area contributed by atoms with Gasteiger partial charge in [0, 0.05) is 5.56 Å². The zero-order valence-electron chi connectivity index (χ0n) is 10.8. The third kappa shape index (κ3) is 2.30. The third-order valence-electron chi connectivity index (χ3n) is 3.23. The van der Waals surface area contributed by atoms with Crippen LogP contribution in [0.1, 0.15) is 16.8 Å². The zero-order chi connectivity index (χ0) is 15.0. The molecule has 0 atom stereocenters. The molecule has 0 saturated carbocycles. The van der Waals surface area contributed by atoms with Crippen molar-refractivity contribution in [3.05, 3.63) is 48.0 Å². The van der Waals surface area contributed by atoms with Gasteiger partial charge in [0.25, 0.3) is 5.91 Å². The average molecular weight is 298 g/mol. The van der Waals surface area contributed by atoms with Crippen LogP contribution in [0.4, 0.5) is 0 Å². The Balaban J connectivity index is 2.07. The van der Waals surface area contributed by atoms with Gasteiger partial charge in [0.2, 0.25) is 11.8 Å². The number of carbonyl (C=O) groups is 3. The first-order valence-electron chi connectivity index (χ1n) is 6.27. The number of nitrogens with zero attached hydrogens (tertiary/aromatic N) is 1. The van der Waals surface area contributed by atoms with Gasteiger partial charge >= 0.3 is 0 Å². The molecule has 2 aromatic rings. The Morgan fingerprint density at radius 2 is 1.81 bits per heavy atom. The van der Waals surface area contributed by atoms with Crippen molar-refractivity contribution in [3.8, 4) is 0 Å². The number of benzene rings is 2. The van der Waals surface area contributed by atoms with Crippen LogP contribution < -0.4 is 5.32 Å². The van der Waals surface area contributed by atoms with Crippen molar-refractivity contribution < 1.29 is 14.4 Å². The Labute approximate surface area is 125 Å². The number of amides is 3. The molecule has 0 spiro atoms. The van der Waals surface area contributed by atoms with Crippen LogP contribution in [-0.4, -0.2) is 27.7 Å². The Hall–Kier alpha value is -2.60. The second-order valence-electron chi connectivity index (χ2n) is 4.59. The Kier molecular flexibility index (Phi) is 3.23. The lowest BCUT2D eigenvalue weighted by Gasteiger charge is -2.25. The minimum atomic E-state index is -0.610. The topological polar surface area (TPSA) is 66.5 Å². The highest BCUT2D eigenvalue weighted by atomic mass is 32.1. The van der Waals surface area contributed by atoms with Gasteiger partial charge in [-0.15, -0.1) is 0 Å². The number of hydrogen-bond acceptors (Lipinski definition) is 4. The first kappa shape index (κ1) is 13.4. The van der Waals surface area contributed by atoms with E-state index in [0.717, 1.165) is 15.7 Å². The lowest BCUT2D eigenvalue weighted by molar-refractivity contribution is -0.133. The number of thiocarbonyl (C=S) groups is 1. The second-order valence-corrected chi connectivity index (χ2v) is 4.98. The Morgan fingerprint density at radius 1 is 1.10 bits per heavy atom. The summed E-state index contributed by atoms with van der Waals surface area (Å²) < 4.78 is 0. The summed E-state index contributed by atoms with van der Waals surface area (Å²) in [5.41, 5.74) is 0.375. The first-order valence-corrected chi connectivity index (χ1v) is 6.67. The molecular formula is C15H10N2O3S. The fourth-order valence-corrected chi connectivity index (χ4v) is 2.59. The van der Waals surface area contributed by atoms with Gasteiger partial charge in [-0.2, -0.15) is 0 Å². The van der Waals surface area contributed by atoms with Crippen molar-refractivity contribution in [2.45, 2.75) is 6.42 Å². The van der Waals surface area contributed by atoms with Gasteiger partial charge in [-0.05, 0) is 29.1 Å². The van der Waals surface area contributed by atoms with Gasteiger partial charge in [0.05, 0.1) is 0 Å². The first-order chi connectivity index (χ1) is 10.1. The number of rotatable bonds is 1. The predicted molar refractivity (Wildman–Crippen MR) is 80.5 cm³/mol. The van der Waals surface area contributed by atoms with Crippen molar-refractivity contribution in [1.82, 2.24) is 10.2 Å². The largest absolute Gasteiger partial charge is 0.302 e. The molecule has 1 N–H and O–H groups in total. The summed E-state index contributed by atoms with van der Waals surface area (Å²) in [5.74, 6) is -1.63. The molecule has 3 rings (SSSR count). The molecule has 1 fully saturated rings. The van der Waals surface area contributed by atoms with E-state index in [-0.39, 0.29) is 11.5 Å². The highest BCUT2D eigenvalue weighted by molar-refractivity contribution is 7.80. The van der Waals surface area contributed by atoms with Gasteiger partial charge in [-0.25, -0.2) is 4.90 Å². The predicted octanol–water partition coefficient (Wildman–Crippen LogP) is 1.61. The third-order valence-corrected chi connectivity index (χ3v) is 3.52. The van der Waals surface area contributed by atoms with E-state index < -0.39 is 17.7 Å². The molecule has 1 aliphatic heterocycles. The summed E-state index contributed by atoms with van der Waals surface area (Å²) in [6, 6.07) is 12.6. The van der Waals surface area contributed by atoms with E-state index in [1.54, 1.807) is 18.2 Å². The maximum atomic E-state index is 12.6. The molecular weight excluding hydrogens is 288 g/mol. The molecule has 5 nitrogen and oxygen atoms in total. The molecule has 1 heterocycles. The van der Waals surface area contributed by atoms with E-state index in [1.165, 1.54) is 0 Å². The molecule has 1 saturated heterocycles. The lowest BCUT2D eigenvalue weighted by Crippen LogP contribution is -2.54. The minimum absolute atomic E-state index is 0.172. The van der Waals surface area contributed by atoms with Crippen LogP contribution >= 0.6 is 12.2 Å². The monoisotopic (exact) mass is 298 g/mol. The van der Waals surface area contributed by atoms with E-state index >= 15 is 0 Å². The number of imide groups is 1. The zero-order valence-corrected chi connectivity index (χ0v) is 11.6. The van der Waals surface area contributed by atoms with Gasteiger partial charge in [0.15, 0.2) is 5.11 Å². The summed E-state index contributed by atoms with van der Waals surface area (Å²) in [4.78, 5) is 36.6. The maximum absolute atomic E-state index is 12.6. The Bertz CT molecular complexity index is 775. The van der Waals surface area contributed by atoms with Crippen molar-refractivity contribution >= 4 is 45.8 Å². The van der Waals surface area contributed by atoms with E-state index in [0.29, 0.717) is 5.56 Å². The van der Waals surface area contributed by atoms with Crippen LogP contribution in [0.5, 0.6) is 0 Å². The smallest absolute Gasteiger partial charge is 0.267 e. The quantitative estimate of drug-likeness (QED) is 0.493. The molecule has 0 bridgehead atoms. The molecule has 0 unspecified atom stereocenters. The fraction of sp³-hybridized carbons (Fsp3) is 0.0667. The van der Waals surface area contributed by atoms with Crippen LogP contribution in [0.15, 0.2) is 42.5 Å². The van der Waals surface area contributed by atoms with Crippen LogP contribution in [0, 0.1) is 0 Å². The fourth-order valence-electron chi connectivity index (χ4n) is 2.29.